The zero-order chi connectivity index (χ0) is 8.84. The Balaban J connectivity index is 2.35. The number of pyridine rings is 1. The Hall–Kier alpha value is -1.09. The third-order valence-electron chi connectivity index (χ3n) is 2.33. The summed E-state index contributed by atoms with van der Waals surface area (Å²) in [7, 11) is 0. The van der Waals surface area contributed by atoms with Crippen molar-refractivity contribution < 1.29 is 0 Å². The Morgan fingerprint density at radius 1 is 1.46 bits per heavy atom. The fraction of sp³-hybridized carbons (Fsp3) is 0.333. The highest BCUT2D eigenvalue weighted by Gasteiger charge is 2.27. The van der Waals surface area contributed by atoms with Crippen LogP contribution in [0.5, 0.6) is 0 Å². The number of hydrogen-bond donors (Lipinski definition) is 0. The number of aromatic nitrogens is 3. The van der Waals surface area contributed by atoms with Gasteiger partial charge >= 0.3 is 0 Å². The van der Waals surface area contributed by atoms with Crippen LogP contribution in [0.15, 0.2) is 18.3 Å². The first-order valence-corrected chi connectivity index (χ1v) is 4.72. The number of imidazole rings is 1. The van der Waals surface area contributed by atoms with Crippen molar-refractivity contribution in [3.05, 3.63) is 23.6 Å². The molecule has 4 heteroatoms. The quantitative estimate of drug-likeness (QED) is 0.697. The van der Waals surface area contributed by atoms with E-state index in [1.807, 2.05) is 12.1 Å². The third kappa shape index (κ3) is 1.04. The van der Waals surface area contributed by atoms with Crippen molar-refractivity contribution in [3.8, 4) is 0 Å². The van der Waals surface area contributed by atoms with E-state index in [-0.39, 0.29) is 0 Å². The van der Waals surface area contributed by atoms with Gasteiger partial charge in [0, 0.05) is 12.2 Å². The lowest BCUT2D eigenvalue weighted by molar-refractivity contribution is 0.767. The monoisotopic (exact) mass is 193 g/mol. The molecule has 2 aromatic rings. The van der Waals surface area contributed by atoms with Crippen LogP contribution in [-0.2, 0) is 0 Å². The summed E-state index contributed by atoms with van der Waals surface area (Å²) < 4.78 is 2.07. The molecule has 0 saturated heterocycles. The number of hydrogen-bond acceptors (Lipinski definition) is 2. The lowest BCUT2D eigenvalue weighted by Gasteiger charge is -2.00. The molecule has 0 aliphatic heterocycles. The van der Waals surface area contributed by atoms with Crippen LogP contribution in [0.25, 0.3) is 11.2 Å². The minimum atomic E-state index is 0.557. The van der Waals surface area contributed by atoms with Gasteiger partial charge < -0.3 is 4.57 Å². The van der Waals surface area contributed by atoms with Gasteiger partial charge in [0.1, 0.15) is 0 Å². The molecule has 3 nitrogen and oxygen atoms in total. The van der Waals surface area contributed by atoms with Crippen LogP contribution >= 0.6 is 11.6 Å². The maximum absolute atomic E-state index is 6.01. The summed E-state index contributed by atoms with van der Waals surface area (Å²) in [4.78, 5) is 8.35. The summed E-state index contributed by atoms with van der Waals surface area (Å²) in [5.41, 5.74) is 1.80. The van der Waals surface area contributed by atoms with E-state index in [1.165, 1.54) is 12.8 Å². The summed E-state index contributed by atoms with van der Waals surface area (Å²) in [5.74, 6) is 0. The molecule has 0 N–H and O–H groups in total. The Morgan fingerprint density at radius 3 is 3.08 bits per heavy atom. The molecule has 0 unspecified atom stereocenters. The minimum Gasteiger partial charge on any atom is -0.310 e. The van der Waals surface area contributed by atoms with Crippen molar-refractivity contribution in [2.24, 2.45) is 0 Å². The highest BCUT2D eigenvalue weighted by molar-refractivity contribution is 6.29. The highest BCUT2D eigenvalue weighted by Crippen LogP contribution is 2.39. The second-order valence-electron chi connectivity index (χ2n) is 3.33. The summed E-state index contributed by atoms with van der Waals surface area (Å²) >= 11 is 6.01. The number of rotatable bonds is 1. The standard InChI is InChI=1S/C9H8ClN3/c10-9-12-8-7(2-1-5-11-8)13(9)6-3-4-6/h1-2,5-6H,3-4H2. The average molecular weight is 194 g/mol. The predicted octanol–water partition coefficient (Wildman–Crippen LogP) is 2.42. The van der Waals surface area contributed by atoms with Crippen LogP contribution in [0.3, 0.4) is 0 Å². The SMILES string of the molecule is Clc1nc2ncccc2n1C1CC1. The van der Waals surface area contributed by atoms with E-state index >= 15 is 0 Å². The van der Waals surface area contributed by atoms with Gasteiger partial charge in [-0.05, 0) is 36.6 Å². The predicted molar refractivity (Wildman–Crippen MR) is 50.8 cm³/mol. The molecule has 0 spiro atoms. The zero-order valence-corrected chi connectivity index (χ0v) is 7.70. The Morgan fingerprint density at radius 2 is 2.31 bits per heavy atom. The second-order valence-corrected chi connectivity index (χ2v) is 3.67. The van der Waals surface area contributed by atoms with Crippen molar-refractivity contribution in [1.82, 2.24) is 14.5 Å². The van der Waals surface area contributed by atoms with Crippen molar-refractivity contribution in [3.63, 3.8) is 0 Å². The van der Waals surface area contributed by atoms with Crippen LogP contribution in [0.2, 0.25) is 5.28 Å². The maximum atomic E-state index is 6.01. The van der Waals surface area contributed by atoms with Gasteiger partial charge in [-0.25, -0.2) is 4.98 Å². The molecule has 0 bridgehead atoms. The van der Waals surface area contributed by atoms with Crippen molar-refractivity contribution in [1.29, 1.82) is 0 Å². The number of halogens is 1. The number of fused-ring (bicyclic) bond motifs is 1. The maximum Gasteiger partial charge on any atom is 0.205 e. The molecule has 1 aliphatic rings. The fourth-order valence-electron chi connectivity index (χ4n) is 1.58. The molecule has 1 saturated carbocycles. The molecule has 66 valence electrons. The van der Waals surface area contributed by atoms with E-state index in [2.05, 4.69) is 14.5 Å². The molecule has 1 fully saturated rings. The van der Waals surface area contributed by atoms with Gasteiger partial charge in [0.15, 0.2) is 5.65 Å². The van der Waals surface area contributed by atoms with Crippen LogP contribution in [0.1, 0.15) is 18.9 Å². The van der Waals surface area contributed by atoms with E-state index in [0.717, 1.165) is 11.2 Å². The highest BCUT2D eigenvalue weighted by atomic mass is 35.5. The van der Waals surface area contributed by atoms with E-state index < -0.39 is 0 Å². The van der Waals surface area contributed by atoms with Crippen LogP contribution in [0, 0.1) is 0 Å². The average Bonchev–Trinajstić information content (AvgIpc) is 2.88. The third-order valence-corrected chi connectivity index (χ3v) is 2.60. The summed E-state index contributed by atoms with van der Waals surface area (Å²) in [6, 6.07) is 4.49. The van der Waals surface area contributed by atoms with Crippen LogP contribution in [0.4, 0.5) is 0 Å². The largest absolute Gasteiger partial charge is 0.310 e. The summed E-state index contributed by atoms with van der Waals surface area (Å²) in [6.07, 6.45) is 4.16. The van der Waals surface area contributed by atoms with E-state index in [9.17, 15) is 0 Å². The van der Waals surface area contributed by atoms with Crippen molar-refractivity contribution in [2.45, 2.75) is 18.9 Å². The molecule has 0 radical (unpaired) electrons. The molecule has 0 amide bonds. The summed E-state index contributed by atoms with van der Waals surface area (Å²) in [5, 5.41) is 0.566. The zero-order valence-electron chi connectivity index (χ0n) is 6.94. The molecular formula is C9H8ClN3. The van der Waals surface area contributed by atoms with E-state index in [4.69, 9.17) is 11.6 Å². The van der Waals surface area contributed by atoms with Gasteiger partial charge in [0.25, 0.3) is 0 Å². The second kappa shape index (κ2) is 2.45. The normalized spacial score (nSPS) is 16.7. The lowest BCUT2D eigenvalue weighted by Crippen LogP contribution is -1.92. The van der Waals surface area contributed by atoms with Gasteiger partial charge in [-0.1, -0.05) is 0 Å². The Kier molecular flexibility index (Phi) is 1.38. The van der Waals surface area contributed by atoms with Crippen molar-refractivity contribution >= 4 is 22.8 Å². The molecule has 0 atom stereocenters. The molecular weight excluding hydrogens is 186 g/mol. The van der Waals surface area contributed by atoms with Gasteiger partial charge in [0.2, 0.25) is 5.28 Å². The summed E-state index contributed by atoms with van der Waals surface area (Å²) in [6.45, 7) is 0. The first-order valence-electron chi connectivity index (χ1n) is 4.35. The smallest absolute Gasteiger partial charge is 0.205 e. The first-order chi connectivity index (χ1) is 6.36. The van der Waals surface area contributed by atoms with E-state index in [1.54, 1.807) is 6.20 Å². The molecule has 0 aromatic carbocycles. The molecule has 3 rings (SSSR count). The van der Waals surface area contributed by atoms with Crippen LogP contribution < -0.4 is 0 Å². The van der Waals surface area contributed by atoms with Crippen LogP contribution in [-0.4, -0.2) is 14.5 Å². The molecule has 2 aromatic heterocycles. The Bertz CT molecular complexity index is 459. The molecule has 2 heterocycles. The van der Waals surface area contributed by atoms with Gasteiger partial charge in [-0.2, -0.15) is 4.98 Å². The number of nitrogens with zero attached hydrogens (tertiary/aromatic N) is 3. The minimum absolute atomic E-state index is 0.557. The molecule has 13 heavy (non-hydrogen) atoms. The van der Waals surface area contributed by atoms with Gasteiger partial charge in [-0.15, -0.1) is 0 Å². The fourth-order valence-corrected chi connectivity index (χ4v) is 1.89. The van der Waals surface area contributed by atoms with Crippen molar-refractivity contribution in [2.75, 3.05) is 0 Å². The lowest BCUT2D eigenvalue weighted by atomic mass is 10.4. The van der Waals surface area contributed by atoms with Gasteiger partial charge in [-0.3, -0.25) is 0 Å². The van der Waals surface area contributed by atoms with E-state index in [0.29, 0.717) is 11.3 Å². The molecule has 1 aliphatic carbocycles. The van der Waals surface area contributed by atoms with Gasteiger partial charge in [0.05, 0.1) is 5.52 Å². The topological polar surface area (TPSA) is 30.7 Å². The Labute approximate surface area is 80.4 Å². The first kappa shape index (κ1) is 7.33.